The lowest BCUT2D eigenvalue weighted by Gasteiger charge is -2.15. The number of hydrogen-bond acceptors (Lipinski definition) is 3. The van der Waals surface area contributed by atoms with Crippen LogP contribution >= 0.6 is 0 Å². The first-order valence-electron chi connectivity index (χ1n) is 7.19. The molecule has 0 bridgehead atoms. The lowest BCUT2D eigenvalue weighted by molar-refractivity contribution is -0.114. The Kier molecular flexibility index (Phi) is 4.97. The molecule has 1 aliphatic carbocycles. The number of allylic oxidation sites excluding steroid dienone is 3. The maximum Gasteiger partial charge on any atom is 0.163 e. The number of hydrogen-bond donors (Lipinski definition) is 0. The van der Waals surface area contributed by atoms with Gasteiger partial charge in [-0.3, -0.25) is 4.79 Å². The molecule has 0 heterocycles. The topological polar surface area (TPSA) is 35.5 Å². The minimum Gasteiger partial charge on any atom is -0.497 e. The van der Waals surface area contributed by atoms with Gasteiger partial charge in [-0.25, -0.2) is 0 Å². The van der Waals surface area contributed by atoms with Crippen LogP contribution in [0.1, 0.15) is 31.7 Å². The van der Waals surface area contributed by atoms with Gasteiger partial charge < -0.3 is 9.47 Å². The Balaban J connectivity index is 2.40. The van der Waals surface area contributed by atoms with Crippen molar-refractivity contribution >= 4 is 5.78 Å². The van der Waals surface area contributed by atoms with Gasteiger partial charge in [-0.1, -0.05) is 24.3 Å². The highest BCUT2D eigenvalue weighted by molar-refractivity contribution is 6.04. The van der Waals surface area contributed by atoms with E-state index in [1.54, 1.807) is 14.2 Å². The van der Waals surface area contributed by atoms with Crippen LogP contribution < -0.4 is 4.74 Å². The third-order valence-electron chi connectivity index (χ3n) is 3.97. The van der Waals surface area contributed by atoms with Crippen LogP contribution in [-0.4, -0.2) is 26.1 Å². The van der Waals surface area contributed by atoms with Crippen molar-refractivity contribution in [3.05, 3.63) is 53.1 Å². The van der Waals surface area contributed by atoms with Gasteiger partial charge in [-0.2, -0.15) is 0 Å². The lowest BCUT2D eigenvalue weighted by Crippen LogP contribution is -2.05. The molecular formula is C18H22O3. The molecule has 0 aromatic heterocycles. The molecule has 0 radical (unpaired) electrons. The Morgan fingerprint density at radius 3 is 2.43 bits per heavy atom. The van der Waals surface area contributed by atoms with E-state index in [0.717, 1.165) is 22.5 Å². The Labute approximate surface area is 126 Å². The van der Waals surface area contributed by atoms with Crippen LogP contribution in [-0.2, 0) is 9.53 Å². The second-order valence-corrected chi connectivity index (χ2v) is 5.22. The zero-order chi connectivity index (χ0) is 15.4. The highest BCUT2D eigenvalue weighted by Crippen LogP contribution is 2.41. The Morgan fingerprint density at radius 1 is 1.24 bits per heavy atom. The minimum absolute atomic E-state index is 0.0124. The predicted octanol–water partition coefficient (Wildman–Crippen LogP) is 3.66. The third kappa shape index (κ3) is 3.24. The molecule has 112 valence electrons. The Morgan fingerprint density at radius 2 is 1.90 bits per heavy atom. The number of carbonyl (C=O) groups is 1. The van der Waals surface area contributed by atoms with Crippen molar-refractivity contribution in [2.24, 2.45) is 0 Å². The molecule has 0 saturated heterocycles. The molecular weight excluding hydrogens is 264 g/mol. The molecule has 1 aromatic rings. The summed E-state index contributed by atoms with van der Waals surface area (Å²) in [5, 5.41) is 0. The number of carbonyl (C=O) groups excluding carboxylic acids is 1. The molecule has 2 atom stereocenters. The third-order valence-corrected chi connectivity index (χ3v) is 3.97. The van der Waals surface area contributed by atoms with Crippen LogP contribution in [0.25, 0.3) is 0 Å². The van der Waals surface area contributed by atoms with E-state index in [1.807, 2.05) is 44.2 Å². The van der Waals surface area contributed by atoms with E-state index in [9.17, 15) is 4.79 Å². The van der Waals surface area contributed by atoms with Crippen molar-refractivity contribution in [1.29, 1.82) is 0 Å². The first-order chi connectivity index (χ1) is 10.1. The summed E-state index contributed by atoms with van der Waals surface area (Å²) in [7, 11) is 3.33. The Hall–Kier alpha value is -1.87. The number of ether oxygens (including phenoxy) is 2. The molecule has 0 spiro atoms. The SMILES string of the molecule is CC=C1C(=O)CC(c2ccc(OC)cc2)C1=CC(C)OC. The van der Waals surface area contributed by atoms with Gasteiger partial charge in [0.2, 0.25) is 0 Å². The molecule has 2 rings (SSSR count). The van der Waals surface area contributed by atoms with E-state index in [4.69, 9.17) is 9.47 Å². The van der Waals surface area contributed by atoms with Gasteiger partial charge in [0, 0.05) is 25.0 Å². The zero-order valence-electron chi connectivity index (χ0n) is 13.1. The van der Waals surface area contributed by atoms with Gasteiger partial charge in [0.25, 0.3) is 0 Å². The molecule has 1 aliphatic rings. The largest absolute Gasteiger partial charge is 0.497 e. The molecule has 21 heavy (non-hydrogen) atoms. The van der Waals surface area contributed by atoms with E-state index in [-0.39, 0.29) is 17.8 Å². The average Bonchev–Trinajstić information content (AvgIpc) is 2.82. The van der Waals surface area contributed by atoms with E-state index in [0.29, 0.717) is 6.42 Å². The molecule has 3 heteroatoms. The zero-order valence-corrected chi connectivity index (χ0v) is 13.1. The van der Waals surface area contributed by atoms with Crippen molar-refractivity contribution in [3.8, 4) is 5.75 Å². The molecule has 0 amide bonds. The van der Waals surface area contributed by atoms with Crippen LogP contribution in [0.15, 0.2) is 47.6 Å². The maximum absolute atomic E-state index is 12.2. The van der Waals surface area contributed by atoms with E-state index in [2.05, 4.69) is 6.08 Å². The summed E-state index contributed by atoms with van der Waals surface area (Å²) in [6.07, 6.45) is 4.46. The molecule has 1 saturated carbocycles. The summed E-state index contributed by atoms with van der Waals surface area (Å²) in [6.45, 7) is 3.89. The summed E-state index contributed by atoms with van der Waals surface area (Å²) < 4.78 is 10.5. The van der Waals surface area contributed by atoms with Crippen molar-refractivity contribution < 1.29 is 14.3 Å². The normalized spacial score (nSPS) is 23.8. The van der Waals surface area contributed by atoms with Crippen molar-refractivity contribution in [3.63, 3.8) is 0 Å². The number of Topliss-reactive ketones (excluding diaryl/α,β-unsaturated/α-hetero) is 1. The molecule has 2 unspecified atom stereocenters. The lowest BCUT2D eigenvalue weighted by atomic mass is 9.91. The average molecular weight is 286 g/mol. The first-order valence-corrected chi connectivity index (χ1v) is 7.19. The summed E-state index contributed by atoms with van der Waals surface area (Å²) in [5.74, 6) is 1.13. The van der Waals surface area contributed by atoms with Crippen LogP contribution in [0.4, 0.5) is 0 Å². The number of methoxy groups -OCH3 is 2. The molecule has 0 N–H and O–H groups in total. The van der Waals surface area contributed by atoms with Crippen LogP contribution in [0.5, 0.6) is 5.75 Å². The monoisotopic (exact) mass is 286 g/mol. The van der Waals surface area contributed by atoms with Gasteiger partial charge in [-0.05, 0) is 37.1 Å². The van der Waals surface area contributed by atoms with Gasteiger partial charge in [0.15, 0.2) is 5.78 Å². The van der Waals surface area contributed by atoms with Gasteiger partial charge >= 0.3 is 0 Å². The molecule has 1 fully saturated rings. The minimum atomic E-state index is -0.0124. The number of ketones is 1. The quantitative estimate of drug-likeness (QED) is 0.792. The Bertz CT molecular complexity index is 567. The predicted molar refractivity (Wildman–Crippen MR) is 83.7 cm³/mol. The fourth-order valence-electron chi connectivity index (χ4n) is 2.74. The molecule has 0 aliphatic heterocycles. The van der Waals surface area contributed by atoms with Crippen molar-refractivity contribution in [2.75, 3.05) is 14.2 Å². The second kappa shape index (κ2) is 6.72. The molecule has 1 aromatic carbocycles. The standard InChI is InChI=1S/C18H22O3/c1-5-15-17(10-12(2)20-3)16(11-18(15)19)13-6-8-14(21-4)9-7-13/h5-10,12,16H,11H2,1-4H3. The van der Waals surface area contributed by atoms with Crippen LogP contribution in [0, 0.1) is 0 Å². The van der Waals surface area contributed by atoms with E-state index in [1.165, 1.54) is 0 Å². The van der Waals surface area contributed by atoms with Gasteiger partial charge in [-0.15, -0.1) is 0 Å². The summed E-state index contributed by atoms with van der Waals surface area (Å²) in [6, 6.07) is 7.93. The second-order valence-electron chi connectivity index (χ2n) is 5.22. The summed E-state index contributed by atoms with van der Waals surface area (Å²) in [5.41, 5.74) is 3.03. The fraction of sp³-hybridized carbons (Fsp3) is 0.389. The van der Waals surface area contributed by atoms with E-state index >= 15 is 0 Å². The highest BCUT2D eigenvalue weighted by Gasteiger charge is 2.33. The maximum atomic E-state index is 12.2. The number of benzene rings is 1. The van der Waals surface area contributed by atoms with Crippen molar-refractivity contribution in [1.82, 2.24) is 0 Å². The van der Waals surface area contributed by atoms with Gasteiger partial charge in [0.05, 0.1) is 13.2 Å². The number of rotatable bonds is 4. The van der Waals surface area contributed by atoms with Gasteiger partial charge in [0.1, 0.15) is 5.75 Å². The highest BCUT2D eigenvalue weighted by atomic mass is 16.5. The van der Waals surface area contributed by atoms with Crippen LogP contribution in [0.3, 0.4) is 0 Å². The fourth-order valence-corrected chi connectivity index (χ4v) is 2.74. The first kappa shape index (κ1) is 15.5. The molecule has 3 nitrogen and oxygen atoms in total. The smallest absolute Gasteiger partial charge is 0.163 e. The summed E-state index contributed by atoms with van der Waals surface area (Å²) >= 11 is 0. The van der Waals surface area contributed by atoms with Crippen LogP contribution in [0.2, 0.25) is 0 Å². The summed E-state index contributed by atoms with van der Waals surface area (Å²) in [4.78, 5) is 12.2. The van der Waals surface area contributed by atoms with Crippen molar-refractivity contribution in [2.45, 2.75) is 32.3 Å². The van der Waals surface area contributed by atoms with E-state index < -0.39 is 0 Å².